The first-order valence-electron chi connectivity index (χ1n) is 14.3. The fourth-order valence-electron chi connectivity index (χ4n) is 8.72. The SMILES string of the molecule is CC=C(C)C(=O)O[C@@H]1[C@H]2CC3=C4CC(=O)O[C@@H](c5ccoc5)[C@]4(C)CC[C@H]3[C@](C)(C2=O)[C@@H]([C@@H](O)C(=O)OC)C1(C)C. The lowest BCUT2D eigenvalue weighted by molar-refractivity contribution is -0.211. The van der Waals surface area contributed by atoms with E-state index < -0.39 is 58.3 Å². The van der Waals surface area contributed by atoms with Crippen molar-refractivity contribution >= 4 is 23.7 Å². The minimum absolute atomic E-state index is 0.0867. The van der Waals surface area contributed by atoms with Crippen molar-refractivity contribution in [2.45, 2.75) is 85.5 Å². The molecule has 2 saturated carbocycles. The van der Waals surface area contributed by atoms with Crippen LogP contribution >= 0.6 is 0 Å². The van der Waals surface area contributed by atoms with Gasteiger partial charge in [-0.1, -0.05) is 39.3 Å². The highest BCUT2D eigenvalue weighted by Crippen LogP contribution is 2.68. The van der Waals surface area contributed by atoms with E-state index in [1.807, 2.05) is 20.8 Å². The van der Waals surface area contributed by atoms with Crippen molar-refractivity contribution in [2.75, 3.05) is 7.11 Å². The largest absolute Gasteiger partial charge is 0.472 e. The Hall–Kier alpha value is -3.20. The van der Waals surface area contributed by atoms with Gasteiger partial charge >= 0.3 is 17.9 Å². The number of esters is 3. The number of ketones is 1. The molecule has 1 aromatic rings. The average Bonchev–Trinajstić information content (AvgIpc) is 3.46. The Labute approximate surface area is 240 Å². The molecule has 0 unspecified atom stereocenters. The van der Waals surface area contributed by atoms with Gasteiger partial charge in [0.15, 0.2) is 6.10 Å². The van der Waals surface area contributed by atoms with Crippen LogP contribution in [0.4, 0.5) is 0 Å². The number of aliphatic hydroxyl groups is 1. The predicted molar refractivity (Wildman–Crippen MR) is 146 cm³/mol. The summed E-state index contributed by atoms with van der Waals surface area (Å²) in [4.78, 5) is 53.5. The maximum absolute atomic E-state index is 14.5. The maximum Gasteiger partial charge on any atom is 0.335 e. The number of hydrogen-bond donors (Lipinski definition) is 1. The van der Waals surface area contributed by atoms with Crippen molar-refractivity contribution < 1.29 is 42.9 Å². The number of carbonyl (C=O) groups excluding carboxylic acids is 4. The second-order valence-electron chi connectivity index (χ2n) is 13.1. The summed E-state index contributed by atoms with van der Waals surface area (Å²) >= 11 is 0. The third kappa shape index (κ3) is 4.14. The molecule has 5 rings (SSSR count). The van der Waals surface area contributed by atoms with Crippen LogP contribution in [-0.4, -0.2) is 48.1 Å². The summed E-state index contributed by atoms with van der Waals surface area (Å²) in [6, 6.07) is 1.80. The van der Waals surface area contributed by atoms with Gasteiger partial charge in [0.25, 0.3) is 0 Å². The van der Waals surface area contributed by atoms with Crippen molar-refractivity contribution in [2.24, 2.45) is 34.0 Å². The quantitative estimate of drug-likeness (QED) is 0.234. The van der Waals surface area contributed by atoms with Gasteiger partial charge in [-0.2, -0.15) is 0 Å². The second-order valence-corrected chi connectivity index (χ2v) is 13.1. The molecule has 0 radical (unpaired) electrons. The number of aliphatic hydroxyl groups excluding tert-OH is 1. The number of furan rings is 1. The fourth-order valence-corrected chi connectivity index (χ4v) is 8.72. The van der Waals surface area contributed by atoms with Gasteiger partial charge in [0.2, 0.25) is 0 Å². The molecule has 1 saturated heterocycles. The Bertz CT molecular complexity index is 1330. The van der Waals surface area contributed by atoms with Crippen molar-refractivity contribution in [1.82, 2.24) is 0 Å². The monoisotopic (exact) mass is 568 g/mol. The number of hydrogen-bond acceptors (Lipinski definition) is 9. The molecule has 1 aromatic heterocycles. The molecule has 4 aliphatic rings. The van der Waals surface area contributed by atoms with Gasteiger partial charge in [0.05, 0.1) is 32.0 Å². The first-order valence-corrected chi connectivity index (χ1v) is 14.3. The third-order valence-corrected chi connectivity index (χ3v) is 10.8. The van der Waals surface area contributed by atoms with E-state index in [-0.39, 0.29) is 24.1 Å². The summed E-state index contributed by atoms with van der Waals surface area (Å²) < 4.78 is 22.3. The zero-order valence-electron chi connectivity index (χ0n) is 24.8. The molecule has 222 valence electrons. The van der Waals surface area contributed by atoms with Crippen LogP contribution in [0.2, 0.25) is 0 Å². The fraction of sp³-hybridized carbons (Fsp3) is 0.625. The number of methoxy groups -OCH3 is 1. The van der Waals surface area contributed by atoms with Crippen LogP contribution < -0.4 is 0 Å². The molecule has 1 aliphatic heterocycles. The minimum Gasteiger partial charge on any atom is -0.472 e. The van der Waals surface area contributed by atoms with E-state index in [9.17, 15) is 24.3 Å². The number of allylic oxidation sites excluding steroid dienone is 2. The van der Waals surface area contributed by atoms with Gasteiger partial charge in [-0.15, -0.1) is 0 Å². The molecule has 41 heavy (non-hydrogen) atoms. The summed E-state index contributed by atoms with van der Waals surface area (Å²) in [5.74, 6) is -3.83. The van der Waals surface area contributed by atoms with E-state index in [4.69, 9.17) is 18.6 Å². The molecule has 0 spiro atoms. The number of cyclic esters (lactones) is 1. The average molecular weight is 569 g/mol. The Balaban J connectivity index is 1.71. The predicted octanol–water partition coefficient (Wildman–Crippen LogP) is 4.64. The molecule has 9 heteroatoms. The van der Waals surface area contributed by atoms with E-state index in [1.54, 1.807) is 38.5 Å². The van der Waals surface area contributed by atoms with Gasteiger partial charge < -0.3 is 23.7 Å². The lowest BCUT2D eigenvalue weighted by Gasteiger charge is -2.64. The first kappa shape index (κ1) is 29.3. The van der Waals surface area contributed by atoms with Crippen LogP contribution in [0, 0.1) is 34.0 Å². The lowest BCUT2D eigenvalue weighted by Crippen LogP contribution is -2.69. The van der Waals surface area contributed by atoms with E-state index in [1.165, 1.54) is 7.11 Å². The van der Waals surface area contributed by atoms with Crippen LogP contribution in [-0.2, 0) is 33.4 Å². The Kier molecular flexibility index (Phi) is 7.12. The van der Waals surface area contributed by atoms with Gasteiger partial charge in [0, 0.05) is 33.3 Å². The Morgan fingerprint density at radius 2 is 1.90 bits per heavy atom. The maximum atomic E-state index is 14.5. The van der Waals surface area contributed by atoms with Crippen LogP contribution in [0.15, 0.2) is 45.8 Å². The number of rotatable bonds is 5. The van der Waals surface area contributed by atoms with Gasteiger partial charge in [-0.3, -0.25) is 9.59 Å². The molecule has 2 bridgehead atoms. The van der Waals surface area contributed by atoms with Crippen molar-refractivity contribution in [3.63, 3.8) is 0 Å². The number of ether oxygens (including phenoxy) is 3. The normalized spacial score (nSPS) is 37.0. The van der Waals surface area contributed by atoms with E-state index in [2.05, 4.69) is 6.92 Å². The van der Waals surface area contributed by atoms with Crippen molar-refractivity contribution in [3.05, 3.63) is 47.0 Å². The second kappa shape index (κ2) is 9.96. The van der Waals surface area contributed by atoms with Crippen LogP contribution in [0.3, 0.4) is 0 Å². The van der Waals surface area contributed by atoms with Crippen LogP contribution in [0.5, 0.6) is 0 Å². The molecule has 3 aliphatic carbocycles. The lowest BCUT2D eigenvalue weighted by atomic mass is 9.40. The highest BCUT2D eigenvalue weighted by atomic mass is 16.6. The van der Waals surface area contributed by atoms with Crippen LogP contribution in [0.25, 0.3) is 0 Å². The molecular weight excluding hydrogens is 528 g/mol. The van der Waals surface area contributed by atoms with E-state index >= 15 is 0 Å². The third-order valence-electron chi connectivity index (χ3n) is 10.8. The van der Waals surface area contributed by atoms with Crippen molar-refractivity contribution in [1.29, 1.82) is 0 Å². The molecule has 8 atom stereocenters. The van der Waals surface area contributed by atoms with E-state index in [0.717, 1.165) is 16.7 Å². The Morgan fingerprint density at radius 3 is 2.51 bits per heavy atom. The summed E-state index contributed by atoms with van der Waals surface area (Å²) in [6.07, 6.45) is 3.34. The van der Waals surface area contributed by atoms with Crippen molar-refractivity contribution in [3.8, 4) is 0 Å². The topological polar surface area (TPSA) is 129 Å². The standard InChI is InChI=1S/C32H40O9/c1-8-16(2)28(36)41-27-19-13-18-20(32(6,25(19)35)24(30(27,3)4)23(34)29(37)38-7)9-11-31(5)21(18)14-22(33)40-26(31)17-10-12-39-15-17/h8,10,12,15,19-20,23-24,26-27,34H,9,11,13-14H2,1-7H3/t19-,20+,23+,24-,26-,27+,31+,32-/m0/s1. The zero-order chi connectivity index (χ0) is 30.1. The van der Waals surface area contributed by atoms with Crippen LogP contribution in [0.1, 0.15) is 78.9 Å². The molecular formula is C32H40O9. The van der Waals surface area contributed by atoms with E-state index in [0.29, 0.717) is 24.8 Å². The summed E-state index contributed by atoms with van der Waals surface area (Å²) in [5.41, 5.74) is 0.392. The molecule has 0 amide bonds. The molecule has 1 N–H and O–H groups in total. The minimum atomic E-state index is -1.62. The Morgan fingerprint density at radius 1 is 1.20 bits per heavy atom. The highest BCUT2D eigenvalue weighted by molar-refractivity contribution is 5.94. The summed E-state index contributed by atoms with van der Waals surface area (Å²) in [5, 5.41) is 11.5. The molecule has 3 fully saturated rings. The zero-order valence-corrected chi connectivity index (χ0v) is 24.8. The smallest absolute Gasteiger partial charge is 0.335 e. The molecule has 0 aromatic carbocycles. The number of fused-ring (bicyclic) bond motifs is 5. The summed E-state index contributed by atoms with van der Waals surface area (Å²) in [7, 11) is 1.20. The highest BCUT2D eigenvalue weighted by Gasteiger charge is 2.70. The molecule has 2 heterocycles. The number of Topliss-reactive ketones (excluding diaryl/α,β-unsaturated/α-hetero) is 1. The first-order chi connectivity index (χ1) is 19.2. The van der Waals surface area contributed by atoms with Gasteiger partial charge in [-0.25, -0.2) is 9.59 Å². The van der Waals surface area contributed by atoms with Gasteiger partial charge in [0.1, 0.15) is 18.0 Å². The summed E-state index contributed by atoms with van der Waals surface area (Å²) in [6.45, 7) is 11.0. The number of carbonyl (C=O) groups is 4. The molecule has 9 nitrogen and oxygen atoms in total. The van der Waals surface area contributed by atoms with Gasteiger partial charge in [-0.05, 0) is 50.7 Å².